The van der Waals surface area contributed by atoms with E-state index in [0.29, 0.717) is 18.0 Å². The molecule has 2 heterocycles. The first-order chi connectivity index (χ1) is 7.68. The molecule has 0 aliphatic carbocycles. The van der Waals surface area contributed by atoms with Crippen LogP contribution in [0.25, 0.3) is 0 Å². The van der Waals surface area contributed by atoms with Gasteiger partial charge >= 0.3 is 0 Å². The Kier molecular flexibility index (Phi) is 3.09. The molecule has 1 saturated heterocycles. The molecule has 1 fully saturated rings. The van der Waals surface area contributed by atoms with E-state index in [4.69, 9.17) is 10.5 Å². The van der Waals surface area contributed by atoms with E-state index in [1.807, 2.05) is 0 Å². The number of nitrogen functional groups attached to an aromatic ring is 1. The van der Waals surface area contributed by atoms with Crippen molar-refractivity contribution in [3.8, 4) is 0 Å². The van der Waals surface area contributed by atoms with Crippen molar-refractivity contribution in [1.82, 2.24) is 15.1 Å². The molecular weight excluding hydrogens is 208 g/mol. The van der Waals surface area contributed by atoms with E-state index in [1.54, 1.807) is 7.05 Å². The number of aromatic nitrogens is 2. The van der Waals surface area contributed by atoms with Crippen LogP contribution in [-0.4, -0.2) is 34.9 Å². The van der Waals surface area contributed by atoms with Gasteiger partial charge in [0.25, 0.3) is 5.91 Å². The first-order valence-electron chi connectivity index (χ1n) is 5.34. The summed E-state index contributed by atoms with van der Waals surface area (Å²) >= 11 is 0. The largest absolute Gasteiger partial charge is 0.396 e. The number of rotatable bonds is 2. The monoisotopic (exact) mass is 224 g/mol. The molecule has 16 heavy (non-hydrogen) atoms. The van der Waals surface area contributed by atoms with Crippen molar-refractivity contribution in [2.75, 3.05) is 18.9 Å². The van der Waals surface area contributed by atoms with Crippen LogP contribution in [0.15, 0.2) is 6.20 Å². The molecule has 1 aromatic rings. The van der Waals surface area contributed by atoms with E-state index in [1.165, 1.54) is 10.9 Å². The standard InChI is InChI=1S/C10H16N4O2/c1-14-9(8(11)5-12-14)10(15)13-7-3-2-4-16-6-7/h5,7H,2-4,6,11H2,1H3,(H,13,15). The van der Waals surface area contributed by atoms with Crippen LogP contribution in [0.1, 0.15) is 23.3 Å². The average molecular weight is 224 g/mol. The number of nitrogens with two attached hydrogens (primary N) is 1. The Balaban J connectivity index is 2.02. The highest BCUT2D eigenvalue weighted by molar-refractivity contribution is 5.97. The van der Waals surface area contributed by atoms with Crippen LogP contribution in [0.5, 0.6) is 0 Å². The van der Waals surface area contributed by atoms with Crippen molar-refractivity contribution in [3.05, 3.63) is 11.9 Å². The summed E-state index contributed by atoms with van der Waals surface area (Å²) in [6.45, 7) is 1.35. The first-order valence-corrected chi connectivity index (χ1v) is 5.34. The van der Waals surface area contributed by atoms with Gasteiger partial charge in [0.05, 0.1) is 24.5 Å². The molecule has 1 atom stereocenters. The van der Waals surface area contributed by atoms with Gasteiger partial charge in [-0.2, -0.15) is 5.10 Å². The predicted octanol–water partition coefficient (Wildman–Crippen LogP) is -0.0889. The van der Waals surface area contributed by atoms with Crippen molar-refractivity contribution in [2.45, 2.75) is 18.9 Å². The summed E-state index contributed by atoms with van der Waals surface area (Å²) in [5.41, 5.74) is 6.48. The lowest BCUT2D eigenvalue weighted by Gasteiger charge is -2.23. The van der Waals surface area contributed by atoms with Gasteiger partial charge in [0.2, 0.25) is 0 Å². The summed E-state index contributed by atoms with van der Waals surface area (Å²) in [5, 5.41) is 6.83. The fourth-order valence-corrected chi connectivity index (χ4v) is 1.84. The fourth-order valence-electron chi connectivity index (χ4n) is 1.84. The van der Waals surface area contributed by atoms with Crippen molar-refractivity contribution in [3.63, 3.8) is 0 Å². The van der Waals surface area contributed by atoms with Crippen molar-refractivity contribution >= 4 is 11.6 Å². The number of aryl methyl sites for hydroxylation is 1. The quantitative estimate of drug-likeness (QED) is 0.735. The van der Waals surface area contributed by atoms with Crippen molar-refractivity contribution in [2.24, 2.45) is 7.05 Å². The second-order valence-electron chi connectivity index (χ2n) is 3.96. The number of ether oxygens (including phenoxy) is 1. The third kappa shape index (κ3) is 2.16. The number of carbonyl (C=O) groups is 1. The van der Waals surface area contributed by atoms with E-state index in [-0.39, 0.29) is 11.9 Å². The Hall–Kier alpha value is -1.56. The summed E-state index contributed by atoms with van der Waals surface area (Å²) in [6.07, 6.45) is 3.40. The fraction of sp³-hybridized carbons (Fsp3) is 0.600. The molecule has 1 aliphatic heterocycles. The highest BCUT2D eigenvalue weighted by Crippen LogP contribution is 2.11. The molecule has 88 valence electrons. The van der Waals surface area contributed by atoms with Crippen LogP contribution in [0, 0.1) is 0 Å². The number of hydrogen-bond donors (Lipinski definition) is 2. The normalized spacial score (nSPS) is 20.7. The van der Waals surface area contributed by atoms with Crippen molar-refractivity contribution in [1.29, 1.82) is 0 Å². The molecule has 1 amide bonds. The van der Waals surface area contributed by atoms with Gasteiger partial charge in [0.15, 0.2) is 0 Å². The lowest BCUT2D eigenvalue weighted by Crippen LogP contribution is -2.41. The number of nitrogens with one attached hydrogen (secondary N) is 1. The van der Waals surface area contributed by atoms with Crippen LogP contribution in [0.2, 0.25) is 0 Å². The van der Waals surface area contributed by atoms with Gasteiger partial charge in [-0.3, -0.25) is 9.48 Å². The van der Waals surface area contributed by atoms with Crippen LogP contribution < -0.4 is 11.1 Å². The Morgan fingerprint density at radius 2 is 2.56 bits per heavy atom. The second kappa shape index (κ2) is 4.52. The molecule has 6 nitrogen and oxygen atoms in total. The molecule has 0 radical (unpaired) electrons. The molecule has 3 N–H and O–H groups in total. The van der Waals surface area contributed by atoms with Gasteiger partial charge in [-0.15, -0.1) is 0 Å². The minimum atomic E-state index is -0.187. The topological polar surface area (TPSA) is 82.2 Å². The van der Waals surface area contributed by atoms with Crippen LogP contribution in [0.3, 0.4) is 0 Å². The highest BCUT2D eigenvalue weighted by Gasteiger charge is 2.20. The zero-order valence-corrected chi connectivity index (χ0v) is 9.27. The SMILES string of the molecule is Cn1ncc(N)c1C(=O)NC1CCCOC1. The van der Waals surface area contributed by atoms with Gasteiger partial charge in [-0.1, -0.05) is 0 Å². The summed E-state index contributed by atoms with van der Waals surface area (Å²) in [6, 6.07) is 0.0792. The molecule has 2 rings (SSSR count). The van der Waals surface area contributed by atoms with Crippen LogP contribution in [-0.2, 0) is 11.8 Å². The number of carbonyl (C=O) groups excluding carboxylic acids is 1. The lowest BCUT2D eigenvalue weighted by molar-refractivity contribution is 0.0620. The minimum absolute atomic E-state index is 0.0792. The molecule has 0 saturated carbocycles. The molecule has 0 aromatic carbocycles. The lowest BCUT2D eigenvalue weighted by atomic mass is 10.1. The smallest absolute Gasteiger partial charge is 0.271 e. The summed E-state index contributed by atoms with van der Waals surface area (Å²) < 4.78 is 6.77. The zero-order valence-electron chi connectivity index (χ0n) is 9.27. The first kappa shape index (κ1) is 10.9. The average Bonchev–Trinajstić information content (AvgIpc) is 2.60. The Morgan fingerprint density at radius 3 is 3.12 bits per heavy atom. The maximum absolute atomic E-state index is 11.9. The predicted molar refractivity (Wildman–Crippen MR) is 58.9 cm³/mol. The molecule has 1 aliphatic rings. The minimum Gasteiger partial charge on any atom is -0.396 e. The number of nitrogens with zero attached hydrogens (tertiary/aromatic N) is 2. The molecule has 1 unspecified atom stereocenters. The number of amides is 1. The van der Waals surface area contributed by atoms with Gasteiger partial charge < -0.3 is 15.8 Å². The molecule has 1 aromatic heterocycles. The van der Waals surface area contributed by atoms with Gasteiger partial charge in [-0.05, 0) is 12.8 Å². The molecule has 6 heteroatoms. The van der Waals surface area contributed by atoms with Crippen molar-refractivity contribution < 1.29 is 9.53 Å². The van der Waals surface area contributed by atoms with Gasteiger partial charge in [-0.25, -0.2) is 0 Å². The van der Waals surface area contributed by atoms with Gasteiger partial charge in [0, 0.05) is 13.7 Å². The third-order valence-corrected chi connectivity index (χ3v) is 2.68. The highest BCUT2D eigenvalue weighted by atomic mass is 16.5. The van der Waals surface area contributed by atoms with E-state index in [2.05, 4.69) is 10.4 Å². The van der Waals surface area contributed by atoms with E-state index in [0.717, 1.165) is 19.4 Å². The van der Waals surface area contributed by atoms with E-state index in [9.17, 15) is 4.79 Å². The summed E-state index contributed by atoms with van der Waals surface area (Å²) in [7, 11) is 1.70. The van der Waals surface area contributed by atoms with Gasteiger partial charge in [0.1, 0.15) is 5.69 Å². The Morgan fingerprint density at radius 1 is 1.75 bits per heavy atom. The van der Waals surface area contributed by atoms with E-state index < -0.39 is 0 Å². The number of hydrogen-bond acceptors (Lipinski definition) is 4. The number of anilines is 1. The maximum atomic E-state index is 11.9. The maximum Gasteiger partial charge on any atom is 0.271 e. The summed E-state index contributed by atoms with van der Waals surface area (Å²) in [5.74, 6) is -0.187. The third-order valence-electron chi connectivity index (χ3n) is 2.68. The molecule has 0 spiro atoms. The second-order valence-corrected chi connectivity index (χ2v) is 3.96. The Bertz CT molecular complexity index is 363. The van der Waals surface area contributed by atoms with Crippen LogP contribution >= 0.6 is 0 Å². The molecular formula is C10H16N4O2. The van der Waals surface area contributed by atoms with E-state index >= 15 is 0 Å². The van der Waals surface area contributed by atoms with Crippen LogP contribution in [0.4, 0.5) is 5.69 Å². The summed E-state index contributed by atoms with van der Waals surface area (Å²) in [4.78, 5) is 11.9. The zero-order chi connectivity index (χ0) is 11.5. The Labute approximate surface area is 93.8 Å². The molecule has 0 bridgehead atoms.